The normalized spacial score (nSPS) is 16.9. The molecule has 0 bridgehead atoms. The average molecular weight is 395 g/mol. The van der Waals surface area contributed by atoms with Crippen LogP contribution in [0.4, 0.5) is 0 Å². The monoisotopic (exact) mass is 394 g/mol. The molecule has 1 aromatic heterocycles. The predicted octanol–water partition coefficient (Wildman–Crippen LogP) is 3.51. The molecule has 3 aromatic rings. The largest absolute Gasteiger partial charge is 0.352 e. The number of hydrogen-bond acceptors (Lipinski definition) is 5. The van der Waals surface area contributed by atoms with Gasteiger partial charge in [0, 0.05) is 30.3 Å². The van der Waals surface area contributed by atoms with Crippen LogP contribution in [0.25, 0.3) is 11.0 Å². The summed E-state index contributed by atoms with van der Waals surface area (Å²) in [6.07, 6.45) is 3.84. The van der Waals surface area contributed by atoms with E-state index in [-0.39, 0.29) is 17.9 Å². The van der Waals surface area contributed by atoms with E-state index in [1.54, 1.807) is 12.1 Å². The molecule has 1 fully saturated rings. The number of benzene rings is 2. The van der Waals surface area contributed by atoms with Gasteiger partial charge in [0.15, 0.2) is 0 Å². The van der Waals surface area contributed by atoms with Gasteiger partial charge in [-0.2, -0.15) is 8.75 Å². The maximum Gasteiger partial charge on any atom is 0.254 e. The Kier molecular flexibility index (Phi) is 5.62. The van der Waals surface area contributed by atoms with E-state index < -0.39 is 0 Å². The van der Waals surface area contributed by atoms with Gasteiger partial charge in [-0.05, 0) is 56.0 Å². The molecular weight excluding hydrogens is 372 g/mol. The number of hydrogen-bond donors (Lipinski definition) is 1. The van der Waals surface area contributed by atoms with Crippen LogP contribution in [-0.2, 0) is 0 Å². The van der Waals surface area contributed by atoms with E-state index in [4.69, 9.17) is 0 Å². The fourth-order valence-corrected chi connectivity index (χ4v) is 4.21. The van der Waals surface area contributed by atoms with Gasteiger partial charge in [0.05, 0.1) is 11.7 Å². The van der Waals surface area contributed by atoms with E-state index in [1.807, 2.05) is 41.3 Å². The van der Waals surface area contributed by atoms with Crippen molar-refractivity contribution in [2.45, 2.75) is 31.7 Å². The van der Waals surface area contributed by atoms with Crippen molar-refractivity contribution < 1.29 is 9.59 Å². The van der Waals surface area contributed by atoms with Crippen molar-refractivity contribution in [1.82, 2.24) is 19.0 Å². The molecule has 0 saturated carbocycles. The van der Waals surface area contributed by atoms with Gasteiger partial charge in [-0.3, -0.25) is 9.59 Å². The molecule has 4 rings (SSSR count). The van der Waals surface area contributed by atoms with Crippen molar-refractivity contribution in [3.8, 4) is 0 Å². The summed E-state index contributed by atoms with van der Waals surface area (Å²) in [7, 11) is 0. The van der Waals surface area contributed by atoms with Crippen LogP contribution >= 0.6 is 11.7 Å². The summed E-state index contributed by atoms with van der Waals surface area (Å²) < 4.78 is 8.43. The van der Waals surface area contributed by atoms with Gasteiger partial charge in [0.25, 0.3) is 11.8 Å². The molecule has 1 aliphatic heterocycles. The third kappa shape index (κ3) is 4.04. The molecule has 1 atom stereocenters. The van der Waals surface area contributed by atoms with Crippen molar-refractivity contribution >= 4 is 34.6 Å². The van der Waals surface area contributed by atoms with Crippen LogP contribution in [-0.4, -0.2) is 44.6 Å². The molecule has 6 nitrogen and oxygen atoms in total. The second-order valence-electron chi connectivity index (χ2n) is 7.03. The van der Waals surface area contributed by atoms with Crippen LogP contribution in [0, 0.1) is 0 Å². The lowest BCUT2D eigenvalue weighted by Gasteiger charge is -2.36. The summed E-state index contributed by atoms with van der Waals surface area (Å²) in [6.45, 7) is 1.31. The van der Waals surface area contributed by atoms with Gasteiger partial charge in [-0.25, -0.2) is 0 Å². The lowest BCUT2D eigenvalue weighted by Crippen LogP contribution is -2.45. The Morgan fingerprint density at radius 3 is 2.71 bits per heavy atom. The maximum absolute atomic E-state index is 13.1. The van der Waals surface area contributed by atoms with Crippen molar-refractivity contribution in [3.05, 3.63) is 59.7 Å². The zero-order valence-electron chi connectivity index (χ0n) is 15.5. The highest BCUT2D eigenvalue weighted by Crippen LogP contribution is 2.23. The lowest BCUT2D eigenvalue weighted by atomic mass is 9.98. The number of nitrogens with one attached hydrogen (secondary N) is 1. The van der Waals surface area contributed by atoms with E-state index in [1.165, 1.54) is 0 Å². The number of piperidine rings is 1. The highest BCUT2D eigenvalue weighted by Gasteiger charge is 2.27. The first-order chi connectivity index (χ1) is 13.7. The Morgan fingerprint density at radius 2 is 1.86 bits per heavy atom. The number of nitrogens with zero attached hydrogens (tertiary/aromatic N) is 3. The minimum Gasteiger partial charge on any atom is -0.352 e. The Hall–Kier alpha value is -2.80. The molecule has 28 heavy (non-hydrogen) atoms. The van der Waals surface area contributed by atoms with Gasteiger partial charge in [-0.1, -0.05) is 18.2 Å². The third-order valence-corrected chi connectivity index (χ3v) is 5.74. The molecule has 0 aliphatic carbocycles. The topological polar surface area (TPSA) is 75.2 Å². The van der Waals surface area contributed by atoms with Gasteiger partial charge < -0.3 is 10.2 Å². The van der Waals surface area contributed by atoms with Crippen LogP contribution in [0.1, 0.15) is 46.4 Å². The Bertz CT molecular complexity index is 973. The predicted molar refractivity (Wildman–Crippen MR) is 109 cm³/mol. The van der Waals surface area contributed by atoms with Crippen molar-refractivity contribution in [2.24, 2.45) is 0 Å². The van der Waals surface area contributed by atoms with Crippen LogP contribution in [0.3, 0.4) is 0 Å². The average Bonchev–Trinajstić information content (AvgIpc) is 3.22. The summed E-state index contributed by atoms with van der Waals surface area (Å²) in [4.78, 5) is 27.3. The molecule has 1 saturated heterocycles. The molecule has 2 aromatic carbocycles. The van der Waals surface area contributed by atoms with Crippen LogP contribution in [0.15, 0.2) is 48.5 Å². The summed E-state index contributed by atoms with van der Waals surface area (Å²) >= 11 is 1.16. The highest BCUT2D eigenvalue weighted by atomic mass is 32.1. The summed E-state index contributed by atoms with van der Waals surface area (Å²) in [5.41, 5.74) is 2.89. The number of likely N-dealkylation sites (tertiary alicyclic amines) is 1. The molecule has 2 amide bonds. The van der Waals surface area contributed by atoms with E-state index in [0.29, 0.717) is 17.7 Å². The van der Waals surface area contributed by atoms with Crippen molar-refractivity contribution in [1.29, 1.82) is 0 Å². The van der Waals surface area contributed by atoms with E-state index in [0.717, 1.165) is 55.0 Å². The third-order valence-electron chi connectivity index (χ3n) is 5.19. The number of aromatic nitrogens is 2. The van der Waals surface area contributed by atoms with Gasteiger partial charge in [-0.15, -0.1) is 0 Å². The highest BCUT2D eigenvalue weighted by molar-refractivity contribution is 7.00. The molecule has 0 spiro atoms. The molecule has 1 N–H and O–H groups in total. The number of carbonyl (C=O) groups is 2. The zero-order valence-corrected chi connectivity index (χ0v) is 16.3. The van der Waals surface area contributed by atoms with E-state index in [2.05, 4.69) is 14.1 Å². The van der Waals surface area contributed by atoms with Gasteiger partial charge in [0.2, 0.25) is 0 Å². The quantitative estimate of drug-likeness (QED) is 0.719. The number of amides is 2. The molecule has 0 unspecified atom stereocenters. The summed E-state index contributed by atoms with van der Waals surface area (Å²) in [5.74, 6) is -0.0373. The maximum atomic E-state index is 13.1. The van der Waals surface area contributed by atoms with E-state index in [9.17, 15) is 9.59 Å². The molecule has 2 heterocycles. The fraction of sp³-hybridized carbons (Fsp3) is 0.333. The molecule has 7 heteroatoms. The smallest absolute Gasteiger partial charge is 0.254 e. The first kappa shape index (κ1) is 18.6. The van der Waals surface area contributed by atoms with Crippen molar-refractivity contribution in [3.63, 3.8) is 0 Å². The second-order valence-corrected chi connectivity index (χ2v) is 7.55. The van der Waals surface area contributed by atoms with E-state index >= 15 is 0 Å². The second kappa shape index (κ2) is 8.48. The minimum atomic E-state index is -0.0734. The molecule has 0 radical (unpaired) electrons. The Morgan fingerprint density at radius 1 is 1.04 bits per heavy atom. The molecule has 144 valence electrons. The lowest BCUT2D eigenvalue weighted by molar-refractivity contribution is 0.0601. The first-order valence-electron chi connectivity index (χ1n) is 9.59. The Balaban J connectivity index is 1.39. The SMILES string of the molecule is O=C(NCC[C@H]1CCCCN1C(=O)c1ccc2nsnc2c1)c1ccccc1. The summed E-state index contributed by atoms with van der Waals surface area (Å²) in [5, 5.41) is 2.97. The van der Waals surface area contributed by atoms with Crippen LogP contribution in [0.5, 0.6) is 0 Å². The van der Waals surface area contributed by atoms with Gasteiger partial charge >= 0.3 is 0 Å². The Labute approximate surface area is 167 Å². The first-order valence-corrected chi connectivity index (χ1v) is 10.3. The number of fused-ring (bicyclic) bond motifs is 1. The standard InChI is InChI=1S/C21H22N4O2S/c26-20(15-6-2-1-3-7-15)22-12-11-17-8-4-5-13-25(17)21(27)16-9-10-18-19(14-16)24-28-23-18/h1-3,6-7,9-10,14,17H,4-5,8,11-13H2,(H,22,26)/t17-/m1/s1. The van der Waals surface area contributed by atoms with Crippen LogP contribution < -0.4 is 5.32 Å². The molecular formula is C21H22N4O2S. The fourth-order valence-electron chi connectivity index (χ4n) is 3.69. The summed E-state index contributed by atoms with van der Waals surface area (Å²) in [6, 6.07) is 14.8. The zero-order chi connectivity index (χ0) is 19.3. The number of carbonyl (C=O) groups excluding carboxylic acids is 2. The molecule has 1 aliphatic rings. The van der Waals surface area contributed by atoms with Gasteiger partial charge in [0.1, 0.15) is 11.0 Å². The van der Waals surface area contributed by atoms with Crippen molar-refractivity contribution in [2.75, 3.05) is 13.1 Å². The number of rotatable bonds is 5. The van der Waals surface area contributed by atoms with Crippen LogP contribution in [0.2, 0.25) is 0 Å². The minimum absolute atomic E-state index is 0.0361.